The normalized spacial score (nSPS) is 20.5. The Morgan fingerprint density at radius 3 is 2.87 bits per heavy atom. The van der Waals surface area contributed by atoms with E-state index >= 15 is 0 Å². The third kappa shape index (κ3) is 3.82. The minimum absolute atomic E-state index is 0.0402. The van der Waals surface area contributed by atoms with Crippen molar-refractivity contribution in [1.82, 2.24) is 5.32 Å². The second-order valence-corrected chi connectivity index (χ2v) is 6.26. The molecule has 3 N–H and O–H groups in total. The van der Waals surface area contributed by atoms with Gasteiger partial charge in [0.2, 0.25) is 11.8 Å². The van der Waals surface area contributed by atoms with Gasteiger partial charge in [-0.15, -0.1) is 0 Å². The highest BCUT2D eigenvalue weighted by Crippen LogP contribution is 2.26. The first-order chi connectivity index (χ1) is 10.8. The summed E-state index contributed by atoms with van der Waals surface area (Å²) in [5.74, 6) is -1.06. The van der Waals surface area contributed by atoms with E-state index in [-0.39, 0.29) is 22.8 Å². The molecule has 1 aliphatic heterocycles. The lowest BCUT2D eigenvalue weighted by atomic mass is 9.99. The molecule has 126 valence electrons. The summed E-state index contributed by atoms with van der Waals surface area (Å²) < 4.78 is 13.2. The van der Waals surface area contributed by atoms with Gasteiger partial charge in [-0.2, -0.15) is 0 Å². The first kappa shape index (κ1) is 17.7. The number of hydrogen-bond acceptors (Lipinski definition) is 3. The fraction of sp³-hybridized carbons (Fsp3) is 0.500. The van der Waals surface area contributed by atoms with Crippen molar-refractivity contribution in [1.29, 1.82) is 0 Å². The van der Waals surface area contributed by atoms with E-state index < -0.39 is 17.9 Å². The molecule has 1 saturated heterocycles. The maximum Gasteiger partial charge on any atom is 0.249 e. The number of halogens is 2. The minimum Gasteiger partial charge on any atom is -0.343 e. The summed E-state index contributed by atoms with van der Waals surface area (Å²) in [6.07, 6.45) is 1.26. The number of carbonyl (C=O) groups is 2. The monoisotopic (exact) mass is 341 g/mol. The molecule has 0 radical (unpaired) electrons. The molecule has 0 bridgehead atoms. The maximum atomic E-state index is 13.2. The van der Waals surface area contributed by atoms with Crippen LogP contribution in [0.25, 0.3) is 0 Å². The standard InChI is InChI=1S/C16H21ClFN3O2/c1-3-9(2)14(19)15(22)20-13-6-7-21(16(13)23)10-4-5-12(18)11(17)8-10/h4-5,8-9,13-14H,3,6-7,19H2,1-2H3,(H,20,22). The molecule has 1 aromatic rings. The average Bonchev–Trinajstić information content (AvgIpc) is 2.89. The third-order valence-electron chi connectivity index (χ3n) is 4.30. The van der Waals surface area contributed by atoms with Gasteiger partial charge in [0.05, 0.1) is 11.1 Å². The zero-order valence-corrected chi connectivity index (χ0v) is 13.9. The molecule has 3 atom stereocenters. The number of hydrogen-bond donors (Lipinski definition) is 2. The number of nitrogens with two attached hydrogens (primary N) is 1. The Kier molecular flexibility index (Phi) is 5.59. The molecule has 1 heterocycles. The number of carbonyl (C=O) groups excluding carboxylic acids is 2. The molecule has 1 aliphatic rings. The number of amides is 2. The Hall–Kier alpha value is -1.66. The van der Waals surface area contributed by atoms with Crippen LogP contribution < -0.4 is 16.0 Å². The Labute approximate surface area is 140 Å². The number of anilines is 1. The lowest BCUT2D eigenvalue weighted by molar-refractivity contribution is -0.128. The van der Waals surface area contributed by atoms with E-state index in [4.69, 9.17) is 17.3 Å². The van der Waals surface area contributed by atoms with Crippen LogP contribution in [0.1, 0.15) is 26.7 Å². The Morgan fingerprint density at radius 1 is 1.57 bits per heavy atom. The molecule has 0 spiro atoms. The third-order valence-corrected chi connectivity index (χ3v) is 4.59. The number of nitrogens with one attached hydrogen (secondary N) is 1. The van der Waals surface area contributed by atoms with E-state index in [9.17, 15) is 14.0 Å². The minimum atomic E-state index is -0.637. The summed E-state index contributed by atoms with van der Waals surface area (Å²) in [7, 11) is 0. The smallest absolute Gasteiger partial charge is 0.249 e. The SMILES string of the molecule is CCC(C)C(N)C(=O)NC1CCN(c2ccc(F)c(Cl)c2)C1=O. The first-order valence-electron chi connectivity index (χ1n) is 7.67. The molecule has 5 nitrogen and oxygen atoms in total. The molecule has 2 rings (SSSR count). The van der Waals surface area contributed by atoms with Gasteiger partial charge in [-0.1, -0.05) is 31.9 Å². The van der Waals surface area contributed by atoms with Crippen molar-refractivity contribution in [2.75, 3.05) is 11.4 Å². The van der Waals surface area contributed by atoms with E-state index in [0.29, 0.717) is 18.7 Å². The highest BCUT2D eigenvalue weighted by Gasteiger charge is 2.35. The Morgan fingerprint density at radius 2 is 2.26 bits per heavy atom. The molecule has 0 saturated carbocycles. The van der Waals surface area contributed by atoms with Crippen LogP contribution in [0.2, 0.25) is 5.02 Å². The topological polar surface area (TPSA) is 75.4 Å². The summed E-state index contributed by atoms with van der Waals surface area (Å²) in [5, 5.41) is 2.67. The van der Waals surface area contributed by atoms with Gasteiger partial charge >= 0.3 is 0 Å². The maximum absolute atomic E-state index is 13.2. The predicted molar refractivity (Wildman–Crippen MR) is 87.7 cm³/mol. The van der Waals surface area contributed by atoms with Gasteiger partial charge in [0, 0.05) is 12.2 Å². The van der Waals surface area contributed by atoms with Crippen LogP contribution in [-0.2, 0) is 9.59 Å². The molecular weight excluding hydrogens is 321 g/mol. The Bertz CT molecular complexity index is 611. The number of rotatable bonds is 5. The molecule has 1 fully saturated rings. The highest BCUT2D eigenvalue weighted by molar-refractivity contribution is 6.31. The van der Waals surface area contributed by atoms with Crippen LogP contribution in [-0.4, -0.2) is 30.4 Å². The molecule has 0 aliphatic carbocycles. The van der Waals surface area contributed by atoms with Crippen molar-refractivity contribution in [3.63, 3.8) is 0 Å². The second-order valence-electron chi connectivity index (χ2n) is 5.85. The van der Waals surface area contributed by atoms with Gasteiger partial charge in [0.1, 0.15) is 11.9 Å². The quantitative estimate of drug-likeness (QED) is 0.861. The molecule has 1 aromatic carbocycles. The lowest BCUT2D eigenvalue weighted by Gasteiger charge is -2.21. The summed E-state index contributed by atoms with van der Waals surface area (Å²) in [5.41, 5.74) is 6.40. The molecular formula is C16H21ClFN3O2. The van der Waals surface area contributed by atoms with E-state index in [1.807, 2.05) is 13.8 Å². The number of nitrogens with zero attached hydrogens (tertiary/aromatic N) is 1. The van der Waals surface area contributed by atoms with Gasteiger partial charge < -0.3 is 16.0 Å². The van der Waals surface area contributed by atoms with E-state index in [1.165, 1.54) is 23.1 Å². The summed E-state index contributed by atoms with van der Waals surface area (Å²) >= 11 is 5.75. The summed E-state index contributed by atoms with van der Waals surface area (Å²) in [4.78, 5) is 26.0. The van der Waals surface area contributed by atoms with Crippen molar-refractivity contribution in [2.24, 2.45) is 11.7 Å². The van der Waals surface area contributed by atoms with E-state index in [1.54, 1.807) is 0 Å². The molecule has 7 heteroatoms. The van der Waals surface area contributed by atoms with Crippen molar-refractivity contribution < 1.29 is 14.0 Å². The zero-order chi connectivity index (χ0) is 17.1. The fourth-order valence-corrected chi connectivity index (χ4v) is 2.68. The zero-order valence-electron chi connectivity index (χ0n) is 13.2. The van der Waals surface area contributed by atoms with Crippen LogP contribution in [0.5, 0.6) is 0 Å². The van der Waals surface area contributed by atoms with Crippen molar-refractivity contribution >= 4 is 29.1 Å². The average molecular weight is 342 g/mol. The highest BCUT2D eigenvalue weighted by atomic mass is 35.5. The summed E-state index contributed by atoms with van der Waals surface area (Å²) in [6, 6.07) is 2.87. The molecule has 23 heavy (non-hydrogen) atoms. The molecule has 0 aromatic heterocycles. The van der Waals surface area contributed by atoms with Crippen LogP contribution in [0, 0.1) is 11.7 Å². The number of benzene rings is 1. The molecule has 2 amide bonds. The molecule has 3 unspecified atom stereocenters. The van der Waals surface area contributed by atoms with Gasteiger partial charge in [-0.25, -0.2) is 4.39 Å². The van der Waals surface area contributed by atoms with E-state index in [0.717, 1.165) is 6.42 Å². The van der Waals surface area contributed by atoms with E-state index in [2.05, 4.69) is 5.32 Å². The lowest BCUT2D eigenvalue weighted by Crippen LogP contribution is -2.50. The van der Waals surface area contributed by atoms with Crippen molar-refractivity contribution in [3.8, 4) is 0 Å². The predicted octanol–water partition coefficient (Wildman–Crippen LogP) is 2.07. The fourth-order valence-electron chi connectivity index (χ4n) is 2.50. The summed E-state index contributed by atoms with van der Waals surface area (Å²) in [6.45, 7) is 4.29. The van der Waals surface area contributed by atoms with Gasteiger partial charge in [0.15, 0.2) is 0 Å². The van der Waals surface area contributed by atoms with Gasteiger partial charge in [0.25, 0.3) is 0 Å². The largest absolute Gasteiger partial charge is 0.343 e. The van der Waals surface area contributed by atoms with Gasteiger partial charge in [-0.3, -0.25) is 9.59 Å². The van der Waals surface area contributed by atoms with Gasteiger partial charge in [-0.05, 0) is 30.5 Å². The van der Waals surface area contributed by atoms with Crippen LogP contribution in [0.15, 0.2) is 18.2 Å². The van der Waals surface area contributed by atoms with Crippen LogP contribution in [0.3, 0.4) is 0 Å². The Balaban J connectivity index is 2.04. The second kappa shape index (κ2) is 7.27. The van der Waals surface area contributed by atoms with Crippen molar-refractivity contribution in [2.45, 2.75) is 38.8 Å². The van der Waals surface area contributed by atoms with Crippen molar-refractivity contribution in [3.05, 3.63) is 29.0 Å². The first-order valence-corrected chi connectivity index (χ1v) is 8.05. The van der Waals surface area contributed by atoms with Crippen LogP contribution >= 0.6 is 11.6 Å². The van der Waals surface area contributed by atoms with Crippen LogP contribution in [0.4, 0.5) is 10.1 Å².